The van der Waals surface area contributed by atoms with E-state index in [0.29, 0.717) is 64.2 Å². The molecular formula is C39H44N2O9. The average molecular weight is 685 g/mol. The van der Waals surface area contributed by atoms with Crippen LogP contribution in [0.2, 0.25) is 0 Å². The average Bonchev–Trinajstić information content (AvgIpc) is 3.16. The Hall–Kier alpha value is -5.23. The quantitative estimate of drug-likeness (QED) is 0.0679. The molecule has 0 aromatic heterocycles. The zero-order valence-corrected chi connectivity index (χ0v) is 28.5. The van der Waals surface area contributed by atoms with Gasteiger partial charge in [0.25, 0.3) is 5.91 Å². The maximum Gasteiger partial charge on any atom is 0.255 e. The highest BCUT2D eigenvalue weighted by Gasteiger charge is 2.25. The van der Waals surface area contributed by atoms with Crippen molar-refractivity contribution in [1.29, 1.82) is 0 Å². The maximum atomic E-state index is 12.6. The number of ether oxygens (including phenoxy) is 5. The van der Waals surface area contributed by atoms with Gasteiger partial charge in [-0.05, 0) is 90.0 Å². The fraction of sp³-hybridized carbons (Fsp3) is 0.308. The van der Waals surface area contributed by atoms with E-state index in [0.717, 1.165) is 41.6 Å². The number of hydrogen-bond acceptors (Lipinski definition) is 10. The van der Waals surface area contributed by atoms with Crippen LogP contribution in [-0.2, 0) is 19.8 Å². The summed E-state index contributed by atoms with van der Waals surface area (Å²) in [6.45, 7) is 0.281. The molecule has 1 amide bonds. The first kappa shape index (κ1) is 36.1. The molecule has 50 heavy (non-hydrogen) atoms. The second-order valence-electron chi connectivity index (χ2n) is 11.6. The maximum absolute atomic E-state index is 12.6. The number of hydrogen-bond donors (Lipinski definition) is 5. The predicted octanol–water partition coefficient (Wildman–Crippen LogP) is 5.84. The minimum atomic E-state index is -0.414. The highest BCUT2D eigenvalue weighted by Crippen LogP contribution is 2.39. The van der Waals surface area contributed by atoms with E-state index < -0.39 is 6.17 Å². The van der Waals surface area contributed by atoms with E-state index in [4.69, 9.17) is 23.7 Å². The van der Waals surface area contributed by atoms with Crippen LogP contribution >= 0.6 is 0 Å². The van der Waals surface area contributed by atoms with Crippen molar-refractivity contribution in [1.82, 2.24) is 5.32 Å². The first-order chi connectivity index (χ1) is 24.4. The molecule has 1 aliphatic heterocycles. The molecule has 0 saturated heterocycles. The summed E-state index contributed by atoms with van der Waals surface area (Å²) in [5.41, 5.74) is 5.60. The summed E-state index contributed by atoms with van der Waals surface area (Å²) < 4.78 is 28.8. The molecule has 1 heterocycles. The zero-order valence-electron chi connectivity index (χ0n) is 28.5. The standard InChI is InChI=1S/C39H44N2O9/c1-46-34-18-25(17-28(22-42)31(34)24-44)11-12-26-19-35(47-2)37(36(20-26)48-3)50-16-8-4-7-15-49-33-14-13-27(21-29(33)23-43)38-40-32-10-6-5-9-30(32)39(45)41-38/h5-6,9-14,17-21,38,40,42-44H,4,7-8,15-16,22-24H2,1-3H3,(H,41,45)/b12-11-. The van der Waals surface area contributed by atoms with Gasteiger partial charge in [-0.25, -0.2) is 0 Å². The number of carbonyl (C=O) groups is 1. The van der Waals surface area contributed by atoms with Crippen LogP contribution in [0.15, 0.2) is 66.7 Å². The Bertz CT molecular complexity index is 1760. The van der Waals surface area contributed by atoms with E-state index in [-0.39, 0.29) is 25.7 Å². The van der Waals surface area contributed by atoms with Crippen LogP contribution in [0.5, 0.6) is 28.7 Å². The van der Waals surface area contributed by atoms with E-state index in [1.165, 1.54) is 7.11 Å². The molecule has 0 radical (unpaired) electrons. The summed E-state index contributed by atoms with van der Waals surface area (Å²) in [6.07, 6.45) is 5.77. The fourth-order valence-electron chi connectivity index (χ4n) is 5.81. The normalized spacial score (nSPS) is 13.7. The van der Waals surface area contributed by atoms with E-state index in [9.17, 15) is 20.1 Å². The van der Waals surface area contributed by atoms with Crippen LogP contribution in [0.25, 0.3) is 12.2 Å². The van der Waals surface area contributed by atoms with Gasteiger partial charge in [-0.1, -0.05) is 30.4 Å². The lowest BCUT2D eigenvalue weighted by atomic mass is 10.0. The summed E-state index contributed by atoms with van der Waals surface area (Å²) in [6, 6.07) is 20.2. The number of unbranched alkanes of at least 4 members (excludes halogenated alkanes) is 2. The molecule has 0 spiro atoms. The van der Waals surface area contributed by atoms with Gasteiger partial charge in [0.05, 0.1) is 59.9 Å². The van der Waals surface area contributed by atoms with Crippen molar-refractivity contribution >= 4 is 23.7 Å². The Kier molecular flexibility index (Phi) is 12.6. The molecule has 1 aliphatic rings. The number of anilines is 1. The van der Waals surface area contributed by atoms with Gasteiger partial charge in [0, 0.05) is 16.8 Å². The molecule has 11 heteroatoms. The van der Waals surface area contributed by atoms with Crippen LogP contribution in [0.3, 0.4) is 0 Å². The molecule has 11 nitrogen and oxygen atoms in total. The molecular weight excluding hydrogens is 640 g/mol. The minimum Gasteiger partial charge on any atom is -0.496 e. The van der Waals surface area contributed by atoms with E-state index in [2.05, 4.69) is 10.6 Å². The molecule has 0 aliphatic carbocycles. The first-order valence-corrected chi connectivity index (χ1v) is 16.4. The fourth-order valence-corrected chi connectivity index (χ4v) is 5.81. The summed E-state index contributed by atoms with van der Waals surface area (Å²) in [4.78, 5) is 12.6. The van der Waals surface area contributed by atoms with Crippen LogP contribution in [0.1, 0.15) is 69.2 Å². The largest absolute Gasteiger partial charge is 0.496 e. The molecule has 4 aromatic carbocycles. The zero-order chi connectivity index (χ0) is 35.5. The number of aliphatic hydroxyl groups excluding tert-OH is 3. The van der Waals surface area contributed by atoms with Crippen molar-refractivity contribution in [2.75, 3.05) is 39.9 Å². The number of benzene rings is 4. The lowest BCUT2D eigenvalue weighted by Gasteiger charge is -2.28. The third-order valence-electron chi connectivity index (χ3n) is 8.45. The molecule has 264 valence electrons. The van der Waals surface area contributed by atoms with E-state index in [1.807, 2.05) is 60.7 Å². The van der Waals surface area contributed by atoms with E-state index >= 15 is 0 Å². The number of nitrogens with one attached hydrogen (secondary N) is 2. The molecule has 5 rings (SSSR count). The Morgan fingerprint density at radius 1 is 0.660 bits per heavy atom. The number of aliphatic hydroxyl groups is 3. The van der Waals surface area contributed by atoms with Gasteiger partial charge in [0.15, 0.2) is 11.5 Å². The summed E-state index contributed by atoms with van der Waals surface area (Å²) in [5.74, 6) is 2.54. The number of carbonyl (C=O) groups excluding carboxylic acids is 1. The number of amides is 1. The molecule has 0 fully saturated rings. The Labute approximate surface area is 292 Å². The summed E-state index contributed by atoms with van der Waals surface area (Å²) >= 11 is 0. The lowest BCUT2D eigenvalue weighted by molar-refractivity contribution is 0.0935. The second kappa shape index (κ2) is 17.4. The second-order valence-corrected chi connectivity index (χ2v) is 11.6. The number of fused-ring (bicyclic) bond motifs is 1. The Balaban J connectivity index is 1.12. The number of para-hydroxylation sites is 1. The third-order valence-corrected chi connectivity index (χ3v) is 8.45. The SMILES string of the molecule is COc1cc(/C=C\c2cc(OC)c(OCCCCCOc3ccc(C4NC(=O)c5ccccc5N4)cc3CO)c(OC)c2)cc(CO)c1CO. The molecule has 1 atom stereocenters. The monoisotopic (exact) mass is 684 g/mol. The molecule has 0 saturated carbocycles. The predicted molar refractivity (Wildman–Crippen MR) is 191 cm³/mol. The number of rotatable bonds is 17. The van der Waals surface area contributed by atoms with Gasteiger partial charge >= 0.3 is 0 Å². The minimum absolute atomic E-state index is 0.150. The van der Waals surface area contributed by atoms with E-state index in [1.54, 1.807) is 32.4 Å². The van der Waals surface area contributed by atoms with Gasteiger partial charge in [-0.2, -0.15) is 0 Å². The van der Waals surface area contributed by atoms with Gasteiger partial charge in [-0.15, -0.1) is 0 Å². The van der Waals surface area contributed by atoms with Crippen molar-refractivity contribution in [3.05, 3.63) is 106 Å². The topological polar surface area (TPSA) is 148 Å². The molecule has 4 aromatic rings. The van der Waals surface area contributed by atoms with Gasteiger partial charge in [-0.3, -0.25) is 4.79 Å². The van der Waals surface area contributed by atoms with Gasteiger partial charge in [0.1, 0.15) is 17.7 Å². The van der Waals surface area contributed by atoms with Crippen molar-refractivity contribution in [2.45, 2.75) is 45.2 Å². The number of methoxy groups -OCH3 is 3. The molecule has 1 unspecified atom stereocenters. The van der Waals surface area contributed by atoms with Crippen LogP contribution in [-0.4, -0.2) is 55.8 Å². The van der Waals surface area contributed by atoms with Crippen molar-refractivity contribution in [2.24, 2.45) is 0 Å². The van der Waals surface area contributed by atoms with Gasteiger partial charge < -0.3 is 49.6 Å². The first-order valence-electron chi connectivity index (χ1n) is 16.4. The van der Waals surface area contributed by atoms with Crippen LogP contribution in [0.4, 0.5) is 5.69 Å². The molecule has 0 bridgehead atoms. The van der Waals surface area contributed by atoms with Crippen molar-refractivity contribution in [3.63, 3.8) is 0 Å². The lowest BCUT2D eigenvalue weighted by Crippen LogP contribution is -2.38. The Morgan fingerprint density at radius 3 is 1.96 bits per heavy atom. The van der Waals surface area contributed by atoms with Crippen LogP contribution < -0.4 is 34.3 Å². The highest BCUT2D eigenvalue weighted by molar-refractivity contribution is 6.01. The highest BCUT2D eigenvalue weighted by atomic mass is 16.5. The summed E-state index contributed by atoms with van der Waals surface area (Å²) in [5, 5.41) is 35.7. The van der Waals surface area contributed by atoms with Crippen molar-refractivity contribution in [3.8, 4) is 28.7 Å². The molecule has 5 N–H and O–H groups in total. The van der Waals surface area contributed by atoms with Crippen LogP contribution in [0, 0.1) is 0 Å². The Morgan fingerprint density at radius 2 is 1.30 bits per heavy atom. The summed E-state index contributed by atoms with van der Waals surface area (Å²) in [7, 11) is 4.68. The van der Waals surface area contributed by atoms with Gasteiger partial charge in [0.2, 0.25) is 5.75 Å². The smallest absolute Gasteiger partial charge is 0.255 e. The van der Waals surface area contributed by atoms with Crippen molar-refractivity contribution < 1.29 is 43.8 Å². The third kappa shape index (κ3) is 8.49.